The van der Waals surface area contributed by atoms with Gasteiger partial charge in [0.1, 0.15) is 11.8 Å². The molecule has 3 nitrogen and oxygen atoms in total. The van der Waals surface area contributed by atoms with E-state index >= 15 is 0 Å². The summed E-state index contributed by atoms with van der Waals surface area (Å²) < 4.78 is 0. The van der Waals surface area contributed by atoms with E-state index in [1.165, 1.54) is 0 Å². The van der Waals surface area contributed by atoms with E-state index in [0.717, 1.165) is 21.8 Å². The fraction of sp³-hybridized carbons (Fsp3) is 0.133. The number of hydrogen-bond donors (Lipinski definition) is 0. The molecule has 4 heteroatoms. The summed E-state index contributed by atoms with van der Waals surface area (Å²) in [7, 11) is 0. The van der Waals surface area contributed by atoms with E-state index in [0.29, 0.717) is 5.69 Å². The fourth-order valence-corrected chi connectivity index (χ4v) is 2.42. The molecule has 0 atom stereocenters. The molecule has 2 aromatic rings. The van der Waals surface area contributed by atoms with Gasteiger partial charge in [0.05, 0.1) is 0 Å². The minimum atomic E-state index is 0.0735. The van der Waals surface area contributed by atoms with Gasteiger partial charge in [0, 0.05) is 22.4 Å². The Balaban J connectivity index is 2.02. The van der Waals surface area contributed by atoms with Crippen LogP contribution in [-0.2, 0) is 5.75 Å². The summed E-state index contributed by atoms with van der Waals surface area (Å²) in [5.74, 6) is 0.848. The van der Waals surface area contributed by atoms with Crippen molar-refractivity contribution in [3.05, 3.63) is 59.4 Å². The number of rotatable bonds is 4. The number of pyridine rings is 1. The molecule has 0 unspecified atom stereocenters. The molecule has 1 aromatic heterocycles. The molecule has 0 spiro atoms. The summed E-state index contributed by atoms with van der Waals surface area (Å²) in [5, 5.41) is 8.78. The van der Waals surface area contributed by atoms with Gasteiger partial charge in [-0.3, -0.25) is 4.79 Å². The highest BCUT2D eigenvalue weighted by Gasteiger charge is 2.01. The van der Waals surface area contributed by atoms with Crippen LogP contribution >= 0.6 is 11.8 Å². The molecule has 1 heterocycles. The number of aromatic nitrogens is 1. The second-order valence-corrected chi connectivity index (χ2v) is 5.08. The van der Waals surface area contributed by atoms with E-state index < -0.39 is 0 Å². The third kappa shape index (κ3) is 3.67. The van der Waals surface area contributed by atoms with E-state index in [1.807, 2.05) is 36.4 Å². The van der Waals surface area contributed by atoms with E-state index in [1.54, 1.807) is 30.9 Å². The van der Waals surface area contributed by atoms with Crippen LogP contribution in [0.4, 0.5) is 0 Å². The Hall–Kier alpha value is -2.12. The monoisotopic (exact) mass is 268 g/mol. The van der Waals surface area contributed by atoms with Crippen molar-refractivity contribution in [3.63, 3.8) is 0 Å². The molecule has 0 bridgehead atoms. The van der Waals surface area contributed by atoms with Crippen molar-refractivity contribution < 1.29 is 4.79 Å². The molecule has 0 N–H and O–H groups in total. The summed E-state index contributed by atoms with van der Waals surface area (Å²) >= 11 is 1.66. The largest absolute Gasteiger partial charge is 0.295 e. The summed E-state index contributed by atoms with van der Waals surface area (Å²) in [5.41, 5.74) is 2.22. The van der Waals surface area contributed by atoms with E-state index in [2.05, 4.69) is 4.98 Å². The zero-order valence-electron chi connectivity index (χ0n) is 10.5. The van der Waals surface area contributed by atoms with Crippen molar-refractivity contribution in [1.82, 2.24) is 4.98 Å². The molecule has 2 rings (SSSR count). The third-order valence-electron chi connectivity index (χ3n) is 2.61. The fourth-order valence-electron chi connectivity index (χ4n) is 1.58. The van der Waals surface area contributed by atoms with Crippen LogP contribution in [0.1, 0.15) is 28.5 Å². The van der Waals surface area contributed by atoms with Crippen molar-refractivity contribution in [2.75, 3.05) is 0 Å². The molecule has 94 valence electrons. The average molecular weight is 268 g/mol. The number of ketones is 1. The quantitative estimate of drug-likeness (QED) is 0.629. The van der Waals surface area contributed by atoms with Crippen LogP contribution in [0.25, 0.3) is 0 Å². The molecular formula is C15H12N2OS. The molecule has 0 amide bonds. The normalized spacial score (nSPS) is 9.89. The molecule has 0 aliphatic heterocycles. The number of benzene rings is 1. The molecular weight excluding hydrogens is 256 g/mol. The summed E-state index contributed by atoms with van der Waals surface area (Å²) in [6.45, 7) is 1.56. The number of nitrogens with zero attached hydrogens (tertiary/aromatic N) is 2. The molecule has 0 saturated carbocycles. The van der Waals surface area contributed by atoms with E-state index in [4.69, 9.17) is 5.26 Å². The van der Waals surface area contributed by atoms with Gasteiger partial charge in [-0.25, -0.2) is 4.98 Å². The van der Waals surface area contributed by atoms with Gasteiger partial charge in [-0.1, -0.05) is 12.1 Å². The zero-order valence-corrected chi connectivity index (χ0v) is 11.3. The van der Waals surface area contributed by atoms with Gasteiger partial charge in [0.25, 0.3) is 0 Å². The predicted octanol–water partition coefficient (Wildman–Crippen LogP) is 3.45. The molecule has 1 aromatic carbocycles. The number of thioether (sulfide) groups is 1. The topological polar surface area (TPSA) is 53.8 Å². The van der Waals surface area contributed by atoms with Crippen LogP contribution in [0.5, 0.6) is 0 Å². The van der Waals surface area contributed by atoms with Crippen molar-refractivity contribution >= 4 is 17.5 Å². The Kier molecular flexibility index (Phi) is 4.32. The lowest BCUT2D eigenvalue weighted by atomic mass is 10.2. The molecule has 0 radical (unpaired) electrons. The second kappa shape index (κ2) is 6.17. The number of Topliss-reactive ketones (excluding diaryl/α,β-unsaturated/α-hetero) is 1. The average Bonchev–Trinajstić information content (AvgIpc) is 2.46. The van der Waals surface area contributed by atoms with E-state index in [9.17, 15) is 4.79 Å². The number of hydrogen-bond acceptors (Lipinski definition) is 4. The summed E-state index contributed by atoms with van der Waals surface area (Å²) in [6, 6.07) is 13.3. The summed E-state index contributed by atoms with van der Waals surface area (Å²) in [4.78, 5) is 16.2. The van der Waals surface area contributed by atoms with Crippen molar-refractivity contribution in [2.24, 2.45) is 0 Å². The Morgan fingerprint density at radius 2 is 2.05 bits per heavy atom. The molecule has 0 aliphatic carbocycles. The zero-order chi connectivity index (χ0) is 13.7. The maximum Gasteiger partial charge on any atom is 0.159 e. The highest BCUT2D eigenvalue weighted by molar-refractivity contribution is 7.98. The number of nitriles is 1. The highest BCUT2D eigenvalue weighted by atomic mass is 32.2. The van der Waals surface area contributed by atoms with Gasteiger partial charge in [0.15, 0.2) is 5.78 Å². The first-order chi connectivity index (χ1) is 9.19. The second-order valence-electron chi connectivity index (χ2n) is 4.03. The van der Waals surface area contributed by atoms with Gasteiger partial charge in [-0.05, 0) is 36.8 Å². The van der Waals surface area contributed by atoms with Crippen LogP contribution in [-0.4, -0.2) is 10.8 Å². The molecule has 19 heavy (non-hydrogen) atoms. The molecule has 0 saturated heterocycles. The Morgan fingerprint density at radius 3 is 2.68 bits per heavy atom. The lowest BCUT2D eigenvalue weighted by molar-refractivity contribution is 0.101. The van der Waals surface area contributed by atoms with Gasteiger partial charge >= 0.3 is 0 Å². The standard InChI is InChI=1S/C15H12N2OS/c1-11(18)13-2-4-15(5-3-13)19-10-12-6-7-17-14(8-12)9-16/h2-8H,10H2,1H3. The number of carbonyl (C=O) groups excluding carboxylic acids is 1. The first kappa shape index (κ1) is 13.3. The van der Waals surface area contributed by atoms with Crippen LogP contribution in [0, 0.1) is 11.3 Å². The molecule has 0 aliphatic rings. The van der Waals surface area contributed by atoms with Crippen molar-refractivity contribution in [3.8, 4) is 6.07 Å². The predicted molar refractivity (Wildman–Crippen MR) is 75.0 cm³/mol. The first-order valence-electron chi connectivity index (χ1n) is 5.78. The number of carbonyl (C=O) groups is 1. The van der Waals surface area contributed by atoms with Gasteiger partial charge in [-0.15, -0.1) is 11.8 Å². The maximum absolute atomic E-state index is 11.2. The third-order valence-corrected chi connectivity index (χ3v) is 3.69. The Bertz CT molecular complexity index is 629. The van der Waals surface area contributed by atoms with Crippen LogP contribution < -0.4 is 0 Å². The lowest BCUT2D eigenvalue weighted by Gasteiger charge is -2.03. The SMILES string of the molecule is CC(=O)c1ccc(SCc2ccnc(C#N)c2)cc1. The van der Waals surface area contributed by atoms with E-state index in [-0.39, 0.29) is 5.78 Å². The minimum Gasteiger partial charge on any atom is -0.295 e. The van der Waals surface area contributed by atoms with Gasteiger partial charge < -0.3 is 0 Å². The molecule has 0 fully saturated rings. The van der Waals surface area contributed by atoms with Crippen LogP contribution in [0.15, 0.2) is 47.5 Å². The lowest BCUT2D eigenvalue weighted by Crippen LogP contribution is -1.90. The van der Waals surface area contributed by atoms with Gasteiger partial charge in [-0.2, -0.15) is 5.26 Å². The minimum absolute atomic E-state index is 0.0735. The van der Waals surface area contributed by atoms with Crippen LogP contribution in [0.3, 0.4) is 0 Å². The highest BCUT2D eigenvalue weighted by Crippen LogP contribution is 2.23. The van der Waals surface area contributed by atoms with Crippen molar-refractivity contribution in [2.45, 2.75) is 17.6 Å². The summed E-state index contributed by atoms with van der Waals surface area (Å²) in [6.07, 6.45) is 1.65. The van der Waals surface area contributed by atoms with Crippen molar-refractivity contribution in [1.29, 1.82) is 5.26 Å². The van der Waals surface area contributed by atoms with Gasteiger partial charge in [0.2, 0.25) is 0 Å². The first-order valence-corrected chi connectivity index (χ1v) is 6.76. The Labute approximate surface area is 116 Å². The smallest absolute Gasteiger partial charge is 0.159 e. The maximum atomic E-state index is 11.2. The Morgan fingerprint density at radius 1 is 1.32 bits per heavy atom. The van der Waals surface area contributed by atoms with Crippen LogP contribution in [0.2, 0.25) is 0 Å².